The lowest BCUT2D eigenvalue weighted by molar-refractivity contribution is -0.186. The molecule has 1 aliphatic heterocycles. The third-order valence-electron chi connectivity index (χ3n) is 3.67. The van der Waals surface area contributed by atoms with E-state index in [1.165, 1.54) is 0 Å². The zero-order valence-corrected chi connectivity index (χ0v) is 13.0. The number of hydrogen-bond donors (Lipinski definition) is 1. The summed E-state index contributed by atoms with van der Waals surface area (Å²) in [4.78, 5) is 23.8. The molecule has 0 aliphatic carbocycles. The van der Waals surface area contributed by atoms with Crippen LogP contribution in [0.1, 0.15) is 18.4 Å². The van der Waals surface area contributed by atoms with Crippen molar-refractivity contribution in [1.82, 2.24) is 10.2 Å². The Bertz CT molecular complexity index is 567. The van der Waals surface area contributed by atoms with Crippen molar-refractivity contribution in [1.29, 1.82) is 0 Å². The number of carbonyl (C=O) groups is 2. The first-order valence-corrected chi connectivity index (χ1v) is 7.53. The second kappa shape index (κ2) is 7.21. The van der Waals surface area contributed by atoms with Gasteiger partial charge in [-0.1, -0.05) is 23.7 Å². The summed E-state index contributed by atoms with van der Waals surface area (Å²) in [6.07, 6.45) is -4.04. The molecule has 0 unspecified atom stereocenters. The molecule has 8 heteroatoms. The number of nitrogens with one attached hydrogen (secondary N) is 1. The maximum absolute atomic E-state index is 12.3. The van der Waals surface area contributed by atoms with Gasteiger partial charge in [-0.25, -0.2) is 0 Å². The molecule has 126 valence electrons. The van der Waals surface area contributed by atoms with E-state index >= 15 is 0 Å². The average molecular weight is 349 g/mol. The lowest BCUT2D eigenvalue weighted by atomic mass is 10.0. The van der Waals surface area contributed by atoms with Crippen molar-refractivity contribution in [2.45, 2.75) is 31.5 Å². The fourth-order valence-corrected chi connectivity index (χ4v) is 2.60. The summed E-state index contributed by atoms with van der Waals surface area (Å²) < 4.78 is 37.0. The van der Waals surface area contributed by atoms with Crippen molar-refractivity contribution in [3.63, 3.8) is 0 Å². The molecular formula is C15H16ClF3N2O2. The predicted octanol–water partition coefficient (Wildman–Crippen LogP) is 2.55. The van der Waals surface area contributed by atoms with Crippen LogP contribution >= 0.6 is 11.6 Å². The van der Waals surface area contributed by atoms with Gasteiger partial charge in [-0.15, -0.1) is 0 Å². The first kappa shape index (κ1) is 17.6. The van der Waals surface area contributed by atoms with E-state index in [1.807, 2.05) is 0 Å². The smallest absolute Gasteiger partial charge is 0.353 e. The minimum Gasteiger partial charge on any atom is -0.353 e. The van der Waals surface area contributed by atoms with Crippen LogP contribution in [0.4, 0.5) is 13.2 Å². The number of likely N-dealkylation sites (tertiary alicyclic amines) is 1. The number of piperidine rings is 1. The second-order valence-corrected chi connectivity index (χ2v) is 5.87. The van der Waals surface area contributed by atoms with E-state index in [1.54, 1.807) is 24.3 Å². The number of benzene rings is 1. The summed E-state index contributed by atoms with van der Waals surface area (Å²) in [6, 6.07) is 6.64. The summed E-state index contributed by atoms with van der Waals surface area (Å²) in [5.41, 5.74) is 0.802. The highest BCUT2D eigenvalue weighted by molar-refractivity contribution is 6.30. The maximum Gasteiger partial charge on any atom is 0.471 e. The molecule has 0 spiro atoms. The Balaban J connectivity index is 1.79. The molecule has 2 amide bonds. The summed E-state index contributed by atoms with van der Waals surface area (Å²) in [5.74, 6) is -2.02. The zero-order valence-electron chi connectivity index (χ0n) is 12.2. The number of rotatable bonds is 3. The molecule has 1 heterocycles. The molecule has 1 saturated heterocycles. The summed E-state index contributed by atoms with van der Waals surface area (Å²) >= 11 is 5.76. The van der Waals surface area contributed by atoms with E-state index in [0.717, 1.165) is 10.5 Å². The molecule has 23 heavy (non-hydrogen) atoms. The Hall–Kier alpha value is -1.76. The van der Waals surface area contributed by atoms with Gasteiger partial charge in [-0.05, 0) is 30.5 Å². The molecule has 0 radical (unpaired) electrons. The molecule has 2 rings (SSSR count). The lowest BCUT2D eigenvalue weighted by Crippen LogP contribution is -2.50. The number of nitrogens with zero attached hydrogens (tertiary/aromatic N) is 1. The van der Waals surface area contributed by atoms with Gasteiger partial charge in [0.25, 0.3) is 0 Å². The normalized spacial score (nSPS) is 16.3. The van der Waals surface area contributed by atoms with E-state index in [-0.39, 0.29) is 31.5 Å². The highest BCUT2D eigenvalue weighted by Crippen LogP contribution is 2.21. The number of hydrogen-bond acceptors (Lipinski definition) is 2. The molecule has 1 fully saturated rings. The molecule has 0 atom stereocenters. The minimum atomic E-state index is -4.84. The van der Waals surface area contributed by atoms with E-state index in [0.29, 0.717) is 17.9 Å². The Kier molecular flexibility index (Phi) is 5.51. The first-order chi connectivity index (χ1) is 10.8. The number of halogens is 4. The van der Waals surface area contributed by atoms with Crippen LogP contribution < -0.4 is 5.32 Å². The van der Waals surface area contributed by atoms with Crippen molar-refractivity contribution in [2.75, 3.05) is 13.1 Å². The van der Waals surface area contributed by atoms with Gasteiger partial charge in [0.2, 0.25) is 5.91 Å². The Morgan fingerprint density at radius 2 is 1.74 bits per heavy atom. The Morgan fingerprint density at radius 1 is 1.17 bits per heavy atom. The average Bonchev–Trinajstić information content (AvgIpc) is 2.49. The largest absolute Gasteiger partial charge is 0.471 e. The topological polar surface area (TPSA) is 49.4 Å². The SMILES string of the molecule is O=C(Cc1ccc(Cl)cc1)NC1CCN(C(=O)C(F)(F)F)CC1. The van der Waals surface area contributed by atoms with Gasteiger partial charge in [0.15, 0.2) is 0 Å². The lowest BCUT2D eigenvalue weighted by Gasteiger charge is -2.32. The van der Waals surface area contributed by atoms with E-state index in [2.05, 4.69) is 5.32 Å². The number of alkyl halides is 3. The van der Waals surface area contributed by atoms with Crippen molar-refractivity contribution >= 4 is 23.4 Å². The molecule has 0 saturated carbocycles. The molecule has 0 aromatic heterocycles. The van der Waals surface area contributed by atoms with Crippen molar-refractivity contribution in [2.24, 2.45) is 0 Å². The molecule has 4 nitrogen and oxygen atoms in total. The van der Waals surface area contributed by atoms with Gasteiger partial charge < -0.3 is 10.2 Å². The fraction of sp³-hybridized carbons (Fsp3) is 0.467. The van der Waals surface area contributed by atoms with Crippen LogP contribution in [0, 0.1) is 0 Å². The van der Waals surface area contributed by atoms with Crippen LogP contribution in [0.25, 0.3) is 0 Å². The van der Waals surface area contributed by atoms with Crippen LogP contribution in [0.5, 0.6) is 0 Å². The van der Waals surface area contributed by atoms with Crippen molar-refractivity contribution < 1.29 is 22.8 Å². The van der Waals surface area contributed by atoms with Gasteiger partial charge in [-0.2, -0.15) is 13.2 Å². The van der Waals surface area contributed by atoms with E-state index in [9.17, 15) is 22.8 Å². The molecule has 1 aromatic carbocycles. The standard InChI is InChI=1S/C15H16ClF3N2O2/c16-11-3-1-10(2-4-11)9-13(22)20-12-5-7-21(8-6-12)14(23)15(17,18)19/h1-4,12H,5-9H2,(H,20,22). The minimum absolute atomic E-state index is 0.00969. The van der Waals surface area contributed by atoms with Crippen LogP contribution in [0.2, 0.25) is 5.02 Å². The fourth-order valence-electron chi connectivity index (χ4n) is 2.47. The van der Waals surface area contributed by atoms with Crippen LogP contribution in [0.15, 0.2) is 24.3 Å². The van der Waals surface area contributed by atoms with E-state index < -0.39 is 12.1 Å². The molecule has 1 N–H and O–H groups in total. The van der Waals surface area contributed by atoms with Crippen molar-refractivity contribution in [3.05, 3.63) is 34.9 Å². The predicted molar refractivity (Wildman–Crippen MR) is 79.0 cm³/mol. The molecule has 0 bridgehead atoms. The van der Waals surface area contributed by atoms with Gasteiger partial charge in [0, 0.05) is 24.2 Å². The monoisotopic (exact) mass is 348 g/mol. The first-order valence-electron chi connectivity index (χ1n) is 7.15. The van der Waals surface area contributed by atoms with Crippen molar-refractivity contribution in [3.8, 4) is 0 Å². The van der Waals surface area contributed by atoms with Crippen LogP contribution in [0.3, 0.4) is 0 Å². The third kappa shape index (κ3) is 5.13. The highest BCUT2D eigenvalue weighted by atomic mass is 35.5. The highest BCUT2D eigenvalue weighted by Gasteiger charge is 2.43. The molecular weight excluding hydrogens is 333 g/mol. The van der Waals surface area contributed by atoms with Gasteiger partial charge >= 0.3 is 12.1 Å². The summed E-state index contributed by atoms with van der Waals surface area (Å²) in [5, 5.41) is 3.37. The number of carbonyl (C=O) groups excluding carboxylic acids is 2. The molecule has 1 aromatic rings. The van der Waals surface area contributed by atoms with Gasteiger partial charge in [0.05, 0.1) is 6.42 Å². The zero-order chi connectivity index (χ0) is 17.0. The van der Waals surface area contributed by atoms with Gasteiger partial charge in [-0.3, -0.25) is 9.59 Å². The van der Waals surface area contributed by atoms with E-state index in [4.69, 9.17) is 11.6 Å². The Morgan fingerprint density at radius 3 is 2.26 bits per heavy atom. The molecule has 1 aliphatic rings. The number of amides is 2. The third-order valence-corrected chi connectivity index (χ3v) is 3.92. The van der Waals surface area contributed by atoms with Crippen LogP contribution in [-0.4, -0.2) is 42.0 Å². The maximum atomic E-state index is 12.3. The van der Waals surface area contributed by atoms with Gasteiger partial charge in [0.1, 0.15) is 0 Å². The van der Waals surface area contributed by atoms with Crippen LogP contribution in [-0.2, 0) is 16.0 Å². The summed E-state index contributed by atoms with van der Waals surface area (Å²) in [6.45, 7) is -0.0194. The quantitative estimate of drug-likeness (QED) is 0.912. The Labute approximate surface area is 136 Å². The second-order valence-electron chi connectivity index (χ2n) is 5.43. The summed E-state index contributed by atoms with van der Waals surface area (Å²) in [7, 11) is 0.